The van der Waals surface area contributed by atoms with Gasteiger partial charge in [-0.3, -0.25) is 9.40 Å². The van der Waals surface area contributed by atoms with Crippen molar-refractivity contribution in [1.82, 2.24) is 9.78 Å². The fourth-order valence-electron chi connectivity index (χ4n) is 1.85. The Kier molecular flexibility index (Phi) is 3.79. The van der Waals surface area contributed by atoms with Gasteiger partial charge in [0.25, 0.3) is 10.0 Å². The van der Waals surface area contributed by atoms with Crippen molar-refractivity contribution < 1.29 is 8.42 Å². The Labute approximate surface area is 126 Å². The topological polar surface area (TPSA) is 90.0 Å². The molecule has 0 saturated heterocycles. The molecule has 6 nitrogen and oxygen atoms in total. The Morgan fingerprint density at radius 1 is 1.35 bits per heavy atom. The maximum atomic E-state index is 12.5. The first-order chi connectivity index (χ1) is 9.20. The number of nitrogens with zero attached hydrogens (tertiary/aromatic N) is 2. The molecule has 0 radical (unpaired) electrons. The van der Waals surface area contributed by atoms with Crippen LogP contribution in [0, 0.1) is 13.8 Å². The Bertz CT molecular complexity index is 768. The number of benzene rings is 1. The quantitative estimate of drug-likeness (QED) is 0.822. The first-order valence-corrected chi connectivity index (χ1v) is 8.07. The number of aryl methyl sites for hydroxylation is 2. The lowest BCUT2D eigenvalue weighted by Crippen LogP contribution is -2.15. The highest BCUT2D eigenvalue weighted by molar-refractivity contribution is 9.10. The molecular formula is C12H15BrN4O2S. The monoisotopic (exact) mass is 358 g/mol. The third-order valence-corrected chi connectivity index (χ3v) is 4.86. The number of hydrogen-bond acceptors (Lipinski definition) is 4. The van der Waals surface area contributed by atoms with Gasteiger partial charge in [0, 0.05) is 23.4 Å². The summed E-state index contributed by atoms with van der Waals surface area (Å²) in [6.45, 7) is 3.41. The lowest BCUT2D eigenvalue weighted by molar-refractivity contribution is 0.600. The fourth-order valence-corrected chi connectivity index (χ4v) is 3.88. The van der Waals surface area contributed by atoms with Gasteiger partial charge < -0.3 is 5.73 Å². The van der Waals surface area contributed by atoms with Crippen molar-refractivity contribution in [2.24, 2.45) is 7.05 Å². The van der Waals surface area contributed by atoms with Crippen LogP contribution in [0.4, 0.5) is 11.4 Å². The Morgan fingerprint density at radius 2 is 2.00 bits per heavy atom. The normalized spacial score (nSPS) is 11.6. The van der Waals surface area contributed by atoms with Crippen LogP contribution < -0.4 is 10.5 Å². The molecule has 0 bridgehead atoms. The number of rotatable bonds is 3. The second-order valence-corrected chi connectivity index (χ2v) is 7.09. The van der Waals surface area contributed by atoms with Crippen LogP contribution in [0.2, 0.25) is 0 Å². The van der Waals surface area contributed by atoms with Crippen molar-refractivity contribution in [3.63, 3.8) is 0 Å². The molecule has 2 aromatic rings. The van der Waals surface area contributed by atoms with Gasteiger partial charge in [0.05, 0.1) is 16.3 Å². The predicted molar refractivity (Wildman–Crippen MR) is 82.0 cm³/mol. The van der Waals surface area contributed by atoms with Crippen LogP contribution in [0.15, 0.2) is 27.7 Å². The summed E-state index contributed by atoms with van der Waals surface area (Å²) < 4.78 is 29.6. The predicted octanol–water partition coefficient (Wildman–Crippen LogP) is 2.18. The molecule has 1 heterocycles. The van der Waals surface area contributed by atoms with E-state index in [1.165, 1.54) is 6.07 Å². The molecule has 20 heavy (non-hydrogen) atoms. The molecule has 2 rings (SSSR count). The van der Waals surface area contributed by atoms with E-state index in [4.69, 9.17) is 5.73 Å². The van der Waals surface area contributed by atoms with E-state index in [1.54, 1.807) is 37.8 Å². The molecule has 1 aromatic carbocycles. The van der Waals surface area contributed by atoms with Crippen molar-refractivity contribution in [2.75, 3.05) is 10.5 Å². The number of halogens is 1. The molecule has 8 heteroatoms. The molecule has 0 saturated carbocycles. The van der Waals surface area contributed by atoms with Gasteiger partial charge in [-0.2, -0.15) is 5.10 Å². The molecule has 0 spiro atoms. The minimum Gasteiger partial charge on any atom is -0.398 e. The summed E-state index contributed by atoms with van der Waals surface area (Å²) in [7, 11) is -1.98. The highest BCUT2D eigenvalue weighted by atomic mass is 79.9. The standard InChI is InChI=1S/C12H15BrN4O2S/c1-7-10(14)4-9(13)5-12(7)20(18,19)16-11-6-17(3)15-8(11)2/h4-6,16H,14H2,1-3H3. The molecular weight excluding hydrogens is 344 g/mol. The van der Waals surface area contributed by atoms with E-state index in [0.717, 1.165) is 0 Å². The SMILES string of the molecule is Cc1nn(C)cc1NS(=O)(=O)c1cc(Br)cc(N)c1C. The van der Waals surface area contributed by atoms with Gasteiger partial charge in [0.2, 0.25) is 0 Å². The molecule has 0 aliphatic heterocycles. The Hall–Kier alpha value is -1.54. The molecule has 0 fully saturated rings. The smallest absolute Gasteiger partial charge is 0.262 e. The van der Waals surface area contributed by atoms with Crippen molar-refractivity contribution in [1.29, 1.82) is 0 Å². The summed E-state index contributed by atoms with van der Waals surface area (Å²) in [6.07, 6.45) is 1.61. The average molecular weight is 359 g/mol. The third-order valence-electron chi connectivity index (χ3n) is 2.91. The molecule has 1 aromatic heterocycles. The van der Waals surface area contributed by atoms with E-state index in [0.29, 0.717) is 27.1 Å². The minimum absolute atomic E-state index is 0.146. The molecule has 108 valence electrons. The summed E-state index contributed by atoms with van der Waals surface area (Å²) >= 11 is 3.25. The zero-order valence-electron chi connectivity index (χ0n) is 11.3. The molecule has 0 amide bonds. The van der Waals surface area contributed by atoms with E-state index < -0.39 is 10.0 Å². The van der Waals surface area contributed by atoms with Gasteiger partial charge in [0.15, 0.2) is 0 Å². The van der Waals surface area contributed by atoms with Gasteiger partial charge in [-0.1, -0.05) is 15.9 Å². The molecule has 0 aliphatic rings. The number of aromatic nitrogens is 2. The van der Waals surface area contributed by atoms with Gasteiger partial charge in [0.1, 0.15) is 0 Å². The lowest BCUT2D eigenvalue weighted by Gasteiger charge is -2.12. The van der Waals surface area contributed by atoms with Crippen LogP contribution in [0.25, 0.3) is 0 Å². The number of nitrogens with one attached hydrogen (secondary N) is 1. The number of hydrogen-bond donors (Lipinski definition) is 2. The van der Waals surface area contributed by atoms with E-state index in [1.807, 2.05) is 0 Å². The maximum Gasteiger partial charge on any atom is 0.262 e. The van der Waals surface area contributed by atoms with Crippen LogP contribution >= 0.6 is 15.9 Å². The van der Waals surface area contributed by atoms with Gasteiger partial charge in [-0.15, -0.1) is 0 Å². The van der Waals surface area contributed by atoms with Gasteiger partial charge in [-0.25, -0.2) is 8.42 Å². The summed E-state index contributed by atoms with van der Waals surface area (Å²) in [5, 5.41) is 4.10. The van der Waals surface area contributed by atoms with E-state index in [-0.39, 0.29) is 4.90 Å². The average Bonchev–Trinajstić information content (AvgIpc) is 2.61. The summed E-state index contributed by atoms with van der Waals surface area (Å²) in [4.78, 5) is 0.146. The van der Waals surface area contributed by atoms with Crippen LogP contribution in [-0.2, 0) is 17.1 Å². The molecule has 3 N–H and O–H groups in total. The molecule has 0 aliphatic carbocycles. The largest absolute Gasteiger partial charge is 0.398 e. The lowest BCUT2D eigenvalue weighted by atomic mass is 10.2. The van der Waals surface area contributed by atoms with Crippen LogP contribution in [0.5, 0.6) is 0 Å². The number of sulfonamides is 1. The van der Waals surface area contributed by atoms with E-state index in [9.17, 15) is 8.42 Å². The third kappa shape index (κ3) is 2.80. The van der Waals surface area contributed by atoms with Crippen molar-refractivity contribution in [3.05, 3.63) is 34.1 Å². The Balaban J connectivity index is 2.49. The zero-order chi connectivity index (χ0) is 15.1. The first kappa shape index (κ1) is 14.9. The summed E-state index contributed by atoms with van der Waals surface area (Å²) in [6, 6.07) is 3.20. The highest BCUT2D eigenvalue weighted by Crippen LogP contribution is 2.28. The summed E-state index contributed by atoms with van der Waals surface area (Å²) in [5.41, 5.74) is 7.80. The van der Waals surface area contributed by atoms with Crippen LogP contribution in [0.1, 0.15) is 11.3 Å². The van der Waals surface area contributed by atoms with Crippen molar-refractivity contribution in [2.45, 2.75) is 18.7 Å². The minimum atomic E-state index is -3.71. The highest BCUT2D eigenvalue weighted by Gasteiger charge is 2.20. The number of nitrogen functional groups attached to an aromatic ring is 1. The van der Waals surface area contributed by atoms with Gasteiger partial charge >= 0.3 is 0 Å². The molecule has 0 unspecified atom stereocenters. The van der Waals surface area contributed by atoms with Crippen LogP contribution in [0.3, 0.4) is 0 Å². The van der Waals surface area contributed by atoms with Crippen molar-refractivity contribution in [3.8, 4) is 0 Å². The van der Waals surface area contributed by atoms with Crippen molar-refractivity contribution >= 4 is 37.3 Å². The summed E-state index contributed by atoms with van der Waals surface area (Å²) in [5.74, 6) is 0. The maximum absolute atomic E-state index is 12.5. The van der Waals surface area contributed by atoms with Crippen LogP contribution in [-0.4, -0.2) is 18.2 Å². The second kappa shape index (κ2) is 5.10. The number of nitrogens with two attached hydrogens (primary N) is 1. The van der Waals surface area contributed by atoms with Gasteiger partial charge in [-0.05, 0) is 31.5 Å². The number of anilines is 2. The first-order valence-electron chi connectivity index (χ1n) is 5.79. The van der Waals surface area contributed by atoms with E-state index >= 15 is 0 Å². The second-order valence-electron chi connectivity index (χ2n) is 4.53. The molecule has 0 atom stereocenters. The van der Waals surface area contributed by atoms with E-state index in [2.05, 4.69) is 25.8 Å². The zero-order valence-corrected chi connectivity index (χ0v) is 13.7. The fraction of sp³-hybridized carbons (Fsp3) is 0.250. The Morgan fingerprint density at radius 3 is 2.55 bits per heavy atom.